The van der Waals surface area contributed by atoms with Gasteiger partial charge in [-0.25, -0.2) is 4.79 Å². The summed E-state index contributed by atoms with van der Waals surface area (Å²) < 4.78 is 5.87. The molecule has 7 nitrogen and oxygen atoms in total. The van der Waals surface area contributed by atoms with E-state index in [9.17, 15) is 14.7 Å². The fourth-order valence-electron chi connectivity index (χ4n) is 1.55. The molecule has 2 aromatic rings. The largest absolute Gasteiger partial charge is 0.494 e. The Balaban J connectivity index is 2.54. The second kappa shape index (κ2) is 4.28. The van der Waals surface area contributed by atoms with Crippen LogP contribution in [-0.2, 0) is 13.0 Å². The first-order chi connectivity index (χ1) is 8.13. The molecule has 0 unspecified atom stereocenters. The van der Waals surface area contributed by atoms with Crippen molar-refractivity contribution in [3.8, 4) is 5.88 Å². The molecule has 2 N–H and O–H groups in total. The number of aromatic hydroxyl groups is 1. The van der Waals surface area contributed by atoms with E-state index in [2.05, 4.69) is 10.1 Å². The van der Waals surface area contributed by atoms with Crippen molar-refractivity contribution in [2.45, 2.75) is 19.9 Å². The molecular weight excluding hydrogens is 226 g/mol. The predicted molar refractivity (Wildman–Crippen MR) is 58.0 cm³/mol. The van der Waals surface area contributed by atoms with E-state index in [-0.39, 0.29) is 18.0 Å². The van der Waals surface area contributed by atoms with Gasteiger partial charge in [0.1, 0.15) is 0 Å². The summed E-state index contributed by atoms with van der Waals surface area (Å²) >= 11 is 0. The molecular formula is C10H11N3O4. The van der Waals surface area contributed by atoms with E-state index in [1.807, 2.05) is 0 Å². The molecule has 0 bridgehead atoms. The zero-order valence-electron chi connectivity index (χ0n) is 9.14. The van der Waals surface area contributed by atoms with Crippen molar-refractivity contribution in [2.24, 2.45) is 0 Å². The summed E-state index contributed by atoms with van der Waals surface area (Å²) in [5, 5.41) is 13.3. The van der Waals surface area contributed by atoms with Crippen molar-refractivity contribution in [1.82, 2.24) is 14.7 Å². The molecule has 0 aliphatic carbocycles. The van der Waals surface area contributed by atoms with Gasteiger partial charge in [-0.1, -0.05) is 12.1 Å². The van der Waals surface area contributed by atoms with Crippen LogP contribution in [-0.4, -0.2) is 19.8 Å². The molecule has 2 heterocycles. The number of aromatic amines is 1. The van der Waals surface area contributed by atoms with E-state index in [0.717, 1.165) is 4.57 Å². The van der Waals surface area contributed by atoms with Crippen molar-refractivity contribution in [3.63, 3.8) is 0 Å². The summed E-state index contributed by atoms with van der Waals surface area (Å²) in [6, 6.07) is 1.57. The molecule has 0 saturated heterocycles. The van der Waals surface area contributed by atoms with Gasteiger partial charge in [0.2, 0.25) is 5.88 Å². The molecule has 17 heavy (non-hydrogen) atoms. The van der Waals surface area contributed by atoms with E-state index in [0.29, 0.717) is 12.2 Å². The minimum atomic E-state index is -0.680. The van der Waals surface area contributed by atoms with Gasteiger partial charge in [-0.05, 0) is 6.42 Å². The zero-order chi connectivity index (χ0) is 12.4. The second-order valence-corrected chi connectivity index (χ2v) is 3.48. The monoisotopic (exact) mass is 237 g/mol. The Bertz CT molecular complexity index is 624. The van der Waals surface area contributed by atoms with E-state index in [4.69, 9.17) is 4.52 Å². The summed E-state index contributed by atoms with van der Waals surface area (Å²) in [5.41, 5.74) is -1.07. The Morgan fingerprint density at radius 3 is 2.88 bits per heavy atom. The molecule has 90 valence electrons. The first kappa shape index (κ1) is 11.2. The van der Waals surface area contributed by atoms with Crippen LogP contribution in [0.2, 0.25) is 0 Å². The highest BCUT2D eigenvalue weighted by atomic mass is 16.5. The maximum atomic E-state index is 11.5. The van der Waals surface area contributed by atoms with Crippen LogP contribution in [0, 0.1) is 0 Å². The lowest BCUT2D eigenvalue weighted by atomic mass is 10.2. The van der Waals surface area contributed by atoms with Crippen molar-refractivity contribution < 1.29 is 9.63 Å². The van der Waals surface area contributed by atoms with Gasteiger partial charge >= 0.3 is 5.69 Å². The van der Waals surface area contributed by atoms with Crippen LogP contribution in [0.15, 0.2) is 26.4 Å². The van der Waals surface area contributed by atoms with Crippen LogP contribution in [0.5, 0.6) is 5.88 Å². The number of aromatic nitrogens is 3. The van der Waals surface area contributed by atoms with Crippen molar-refractivity contribution in [3.05, 3.63) is 44.4 Å². The zero-order valence-corrected chi connectivity index (χ0v) is 9.14. The van der Waals surface area contributed by atoms with Crippen molar-refractivity contribution in [2.75, 3.05) is 0 Å². The molecule has 2 rings (SSSR count). The Hall–Kier alpha value is -2.31. The van der Waals surface area contributed by atoms with Crippen LogP contribution >= 0.6 is 0 Å². The third-order valence-electron chi connectivity index (χ3n) is 2.42. The van der Waals surface area contributed by atoms with E-state index in [1.165, 1.54) is 6.20 Å². The average Bonchev–Trinajstić information content (AvgIpc) is 2.77. The summed E-state index contributed by atoms with van der Waals surface area (Å²) in [7, 11) is 0. The molecule has 2 aromatic heterocycles. The topological polar surface area (TPSA) is 101 Å². The molecule has 0 aliphatic heterocycles. The number of hydrogen-bond acceptors (Lipinski definition) is 5. The molecule has 0 atom stereocenters. The highest BCUT2D eigenvalue weighted by molar-refractivity contribution is 5.23. The molecule has 7 heteroatoms. The van der Waals surface area contributed by atoms with Crippen LogP contribution in [0.4, 0.5) is 0 Å². The third-order valence-corrected chi connectivity index (χ3v) is 2.42. The van der Waals surface area contributed by atoms with Gasteiger partial charge in [0.15, 0.2) is 5.76 Å². The van der Waals surface area contributed by atoms with E-state index in [1.54, 1.807) is 13.0 Å². The van der Waals surface area contributed by atoms with E-state index >= 15 is 0 Å². The normalized spacial score (nSPS) is 10.6. The molecule has 0 amide bonds. The molecule has 0 aliphatic rings. The Kier molecular flexibility index (Phi) is 2.82. The molecule has 0 fully saturated rings. The fourth-order valence-corrected chi connectivity index (χ4v) is 1.55. The maximum Gasteiger partial charge on any atom is 0.331 e. The minimum Gasteiger partial charge on any atom is -0.494 e. The van der Waals surface area contributed by atoms with Crippen LogP contribution in [0.1, 0.15) is 18.2 Å². The van der Waals surface area contributed by atoms with Crippen LogP contribution in [0.3, 0.4) is 0 Å². The quantitative estimate of drug-likeness (QED) is 0.772. The van der Waals surface area contributed by atoms with Gasteiger partial charge in [0.05, 0.1) is 18.3 Å². The number of hydrogen-bond donors (Lipinski definition) is 2. The fraction of sp³-hybridized carbons (Fsp3) is 0.300. The molecule has 0 aromatic carbocycles. The minimum absolute atomic E-state index is 0.0223. The van der Waals surface area contributed by atoms with Gasteiger partial charge in [0, 0.05) is 6.07 Å². The van der Waals surface area contributed by atoms with Gasteiger partial charge < -0.3 is 9.63 Å². The lowest BCUT2D eigenvalue weighted by molar-refractivity contribution is 0.352. The number of nitrogens with one attached hydrogen (secondary N) is 1. The Morgan fingerprint density at radius 2 is 2.29 bits per heavy atom. The average molecular weight is 237 g/mol. The molecule has 0 radical (unpaired) electrons. The van der Waals surface area contributed by atoms with Gasteiger partial charge in [-0.2, -0.15) is 0 Å². The van der Waals surface area contributed by atoms with Crippen molar-refractivity contribution >= 4 is 0 Å². The standard InChI is InChI=1S/C10H11N3O4/c1-2-7-8(14)12-10(16)13(9(7)15)5-6-3-4-11-17-6/h3-4,15H,2,5H2,1H3,(H,12,14,16). The molecule has 0 saturated carbocycles. The predicted octanol–water partition coefficient (Wildman–Crippen LogP) is -0.159. The summed E-state index contributed by atoms with van der Waals surface area (Å²) in [4.78, 5) is 25.1. The van der Waals surface area contributed by atoms with Crippen LogP contribution in [0.25, 0.3) is 0 Å². The Morgan fingerprint density at radius 1 is 1.53 bits per heavy atom. The van der Waals surface area contributed by atoms with Gasteiger partial charge in [-0.15, -0.1) is 0 Å². The summed E-state index contributed by atoms with van der Waals surface area (Å²) in [6.07, 6.45) is 1.77. The SMILES string of the molecule is CCc1c(O)n(Cc2ccno2)c(=O)[nH]c1=O. The third kappa shape index (κ3) is 1.99. The number of rotatable bonds is 3. The van der Waals surface area contributed by atoms with E-state index < -0.39 is 11.2 Å². The van der Waals surface area contributed by atoms with Gasteiger partial charge in [0.25, 0.3) is 5.56 Å². The first-order valence-electron chi connectivity index (χ1n) is 5.08. The molecule has 0 spiro atoms. The van der Waals surface area contributed by atoms with Crippen molar-refractivity contribution in [1.29, 1.82) is 0 Å². The Labute approximate surface area is 95.3 Å². The first-order valence-corrected chi connectivity index (χ1v) is 5.08. The lowest BCUT2D eigenvalue weighted by Gasteiger charge is -2.08. The van der Waals surface area contributed by atoms with Gasteiger partial charge in [-0.3, -0.25) is 14.3 Å². The smallest absolute Gasteiger partial charge is 0.331 e. The number of nitrogens with zero attached hydrogens (tertiary/aromatic N) is 2. The maximum absolute atomic E-state index is 11.5. The number of H-pyrrole nitrogens is 1. The second-order valence-electron chi connectivity index (χ2n) is 3.48. The summed E-state index contributed by atoms with van der Waals surface area (Å²) in [6.45, 7) is 1.74. The highest BCUT2D eigenvalue weighted by Crippen LogP contribution is 2.12. The lowest BCUT2D eigenvalue weighted by Crippen LogP contribution is -2.32. The summed E-state index contributed by atoms with van der Waals surface area (Å²) in [5.74, 6) is 0.0779. The van der Waals surface area contributed by atoms with Crippen LogP contribution < -0.4 is 11.2 Å². The highest BCUT2D eigenvalue weighted by Gasteiger charge is 2.13.